The number of carbonyl (C=O) groups excluding carboxylic acids is 1. The standard InChI is InChI=1S/C13H18N2O3S/c1-4-19(17,18)14-12-7-5-6-11(10-12)13(16)8-9-15(2)3/h5-10,14H,4H2,1-3H3/b9-8+. The van der Waals surface area contributed by atoms with Gasteiger partial charge in [0.15, 0.2) is 5.78 Å². The number of anilines is 1. The molecule has 0 heterocycles. The fourth-order valence-corrected chi connectivity index (χ4v) is 1.93. The molecule has 0 aromatic heterocycles. The summed E-state index contributed by atoms with van der Waals surface area (Å²) in [4.78, 5) is 13.6. The quantitative estimate of drug-likeness (QED) is 0.637. The van der Waals surface area contributed by atoms with Crippen LogP contribution >= 0.6 is 0 Å². The molecule has 1 N–H and O–H groups in total. The summed E-state index contributed by atoms with van der Waals surface area (Å²) in [5, 5.41) is 0. The smallest absolute Gasteiger partial charge is 0.232 e. The van der Waals surface area contributed by atoms with Crippen LogP contribution in [-0.2, 0) is 10.0 Å². The van der Waals surface area contributed by atoms with Gasteiger partial charge in [-0.3, -0.25) is 9.52 Å². The fourth-order valence-electron chi connectivity index (χ4n) is 1.30. The van der Waals surface area contributed by atoms with E-state index in [1.165, 1.54) is 12.1 Å². The molecule has 1 rings (SSSR count). The van der Waals surface area contributed by atoms with Gasteiger partial charge >= 0.3 is 0 Å². The van der Waals surface area contributed by atoms with E-state index in [2.05, 4.69) is 4.72 Å². The van der Waals surface area contributed by atoms with Crippen molar-refractivity contribution in [2.45, 2.75) is 6.92 Å². The van der Waals surface area contributed by atoms with E-state index in [-0.39, 0.29) is 11.5 Å². The lowest BCUT2D eigenvalue weighted by molar-refractivity contribution is 0.104. The lowest BCUT2D eigenvalue weighted by atomic mass is 10.1. The molecule has 0 fully saturated rings. The van der Waals surface area contributed by atoms with Crippen LogP contribution in [0.15, 0.2) is 36.5 Å². The number of carbonyl (C=O) groups is 1. The number of hydrogen-bond acceptors (Lipinski definition) is 4. The Hall–Kier alpha value is -1.82. The Bertz CT molecular complexity index is 577. The van der Waals surface area contributed by atoms with Crippen LogP contribution in [0.2, 0.25) is 0 Å². The third-order valence-electron chi connectivity index (χ3n) is 2.32. The molecule has 0 aliphatic carbocycles. The van der Waals surface area contributed by atoms with Gasteiger partial charge in [0, 0.05) is 37.6 Å². The fraction of sp³-hybridized carbons (Fsp3) is 0.308. The number of nitrogens with one attached hydrogen (secondary N) is 1. The van der Waals surface area contributed by atoms with Gasteiger partial charge in [-0.05, 0) is 19.1 Å². The van der Waals surface area contributed by atoms with Crippen LogP contribution in [0.3, 0.4) is 0 Å². The predicted molar refractivity (Wildman–Crippen MR) is 76.7 cm³/mol. The molecule has 0 aliphatic rings. The number of benzene rings is 1. The normalized spacial score (nSPS) is 11.5. The van der Waals surface area contributed by atoms with E-state index in [1.54, 1.807) is 36.2 Å². The molecule has 104 valence electrons. The minimum atomic E-state index is -3.33. The van der Waals surface area contributed by atoms with Gasteiger partial charge in [-0.2, -0.15) is 0 Å². The van der Waals surface area contributed by atoms with Gasteiger partial charge in [-0.1, -0.05) is 12.1 Å². The summed E-state index contributed by atoms with van der Waals surface area (Å²) in [6.07, 6.45) is 3.08. The maximum Gasteiger partial charge on any atom is 0.232 e. The van der Waals surface area contributed by atoms with Crippen LogP contribution in [0.5, 0.6) is 0 Å². The van der Waals surface area contributed by atoms with Gasteiger partial charge in [0.1, 0.15) is 0 Å². The lowest BCUT2D eigenvalue weighted by Crippen LogP contribution is -2.14. The molecular weight excluding hydrogens is 264 g/mol. The molecule has 1 aromatic rings. The zero-order chi connectivity index (χ0) is 14.5. The summed E-state index contributed by atoms with van der Waals surface area (Å²) in [6, 6.07) is 6.42. The van der Waals surface area contributed by atoms with Gasteiger partial charge in [-0.25, -0.2) is 8.42 Å². The topological polar surface area (TPSA) is 66.5 Å². The van der Waals surface area contributed by atoms with Crippen molar-refractivity contribution in [2.24, 2.45) is 0 Å². The highest BCUT2D eigenvalue weighted by molar-refractivity contribution is 7.92. The summed E-state index contributed by atoms with van der Waals surface area (Å²) in [5.41, 5.74) is 0.834. The molecule has 0 bridgehead atoms. The van der Waals surface area contributed by atoms with Crippen LogP contribution in [0, 0.1) is 0 Å². The Balaban J connectivity index is 2.92. The summed E-state index contributed by atoms with van der Waals surface area (Å²) in [5.74, 6) is -0.183. The molecule has 19 heavy (non-hydrogen) atoms. The van der Waals surface area contributed by atoms with Crippen molar-refractivity contribution in [1.82, 2.24) is 4.90 Å². The van der Waals surface area contributed by atoms with Gasteiger partial charge in [-0.15, -0.1) is 0 Å². The number of hydrogen-bond donors (Lipinski definition) is 1. The molecule has 0 atom stereocenters. The third-order valence-corrected chi connectivity index (χ3v) is 3.63. The first-order valence-corrected chi connectivity index (χ1v) is 7.49. The van der Waals surface area contributed by atoms with Gasteiger partial charge in [0.2, 0.25) is 10.0 Å². The first kappa shape index (κ1) is 15.2. The molecule has 0 aliphatic heterocycles. The van der Waals surface area contributed by atoms with Crippen molar-refractivity contribution < 1.29 is 13.2 Å². The zero-order valence-electron chi connectivity index (χ0n) is 11.3. The van der Waals surface area contributed by atoms with Crippen molar-refractivity contribution in [3.8, 4) is 0 Å². The second-order valence-electron chi connectivity index (χ2n) is 4.23. The highest BCUT2D eigenvalue weighted by Crippen LogP contribution is 2.13. The SMILES string of the molecule is CCS(=O)(=O)Nc1cccc(C(=O)/C=C/N(C)C)c1. The summed E-state index contributed by atoms with van der Waals surface area (Å²) in [6.45, 7) is 1.55. The minimum absolute atomic E-state index is 0.00823. The first-order chi connectivity index (χ1) is 8.84. The highest BCUT2D eigenvalue weighted by Gasteiger charge is 2.08. The Labute approximate surface area is 114 Å². The van der Waals surface area contributed by atoms with Crippen molar-refractivity contribution in [3.63, 3.8) is 0 Å². The highest BCUT2D eigenvalue weighted by atomic mass is 32.2. The van der Waals surface area contributed by atoms with Crippen LogP contribution in [0.4, 0.5) is 5.69 Å². The zero-order valence-corrected chi connectivity index (χ0v) is 12.1. The summed E-state index contributed by atoms with van der Waals surface area (Å²) in [7, 11) is 0.302. The van der Waals surface area contributed by atoms with E-state index >= 15 is 0 Å². The van der Waals surface area contributed by atoms with E-state index in [0.717, 1.165) is 0 Å². The van der Waals surface area contributed by atoms with Crippen molar-refractivity contribution in [2.75, 3.05) is 24.6 Å². The maximum absolute atomic E-state index is 11.8. The Kier molecular flexibility index (Phi) is 5.11. The third kappa shape index (κ3) is 5.13. The largest absolute Gasteiger partial charge is 0.383 e. The first-order valence-electron chi connectivity index (χ1n) is 5.83. The van der Waals surface area contributed by atoms with Crippen molar-refractivity contribution >= 4 is 21.5 Å². The number of nitrogens with zero attached hydrogens (tertiary/aromatic N) is 1. The Morgan fingerprint density at radius 1 is 1.37 bits per heavy atom. The molecular formula is C13H18N2O3S. The van der Waals surface area contributed by atoms with Crippen LogP contribution in [0.25, 0.3) is 0 Å². The van der Waals surface area contributed by atoms with Crippen molar-refractivity contribution in [3.05, 3.63) is 42.1 Å². The lowest BCUT2D eigenvalue weighted by Gasteiger charge is -2.07. The molecule has 0 radical (unpaired) electrons. The average molecular weight is 282 g/mol. The second-order valence-corrected chi connectivity index (χ2v) is 6.24. The van der Waals surface area contributed by atoms with E-state index in [0.29, 0.717) is 11.3 Å². The molecule has 0 spiro atoms. The van der Waals surface area contributed by atoms with E-state index < -0.39 is 10.0 Å². The summed E-state index contributed by atoms with van der Waals surface area (Å²) >= 11 is 0. The number of ketones is 1. The minimum Gasteiger partial charge on any atom is -0.383 e. The summed E-state index contributed by atoms with van der Waals surface area (Å²) < 4.78 is 25.3. The van der Waals surface area contributed by atoms with Gasteiger partial charge in [0.25, 0.3) is 0 Å². The Morgan fingerprint density at radius 2 is 2.05 bits per heavy atom. The number of rotatable bonds is 6. The van der Waals surface area contributed by atoms with Crippen LogP contribution in [-0.4, -0.2) is 38.9 Å². The molecule has 6 heteroatoms. The van der Waals surface area contributed by atoms with Crippen LogP contribution in [0.1, 0.15) is 17.3 Å². The molecule has 0 unspecified atom stereocenters. The van der Waals surface area contributed by atoms with Crippen LogP contribution < -0.4 is 4.72 Å². The molecule has 1 aromatic carbocycles. The average Bonchev–Trinajstić information content (AvgIpc) is 2.35. The van der Waals surface area contributed by atoms with E-state index in [1.807, 2.05) is 14.1 Å². The van der Waals surface area contributed by atoms with Crippen molar-refractivity contribution in [1.29, 1.82) is 0 Å². The Morgan fingerprint density at radius 3 is 2.63 bits per heavy atom. The van der Waals surface area contributed by atoms with Gasteiger partial charge in [0.05, 0.1) is 5.75 Å². The van der Waals surface area contributed by atoms with E-state index in [9.17, 15) is 13.2 Å². The molecule has 5 nitrogen and oxygen atoms in total. The predicted octanol–water partition coefficient (Wildman–Crippen LogP) is 1.71. The number of sulfonamides is 1. The molecule has 0 amide bonds. The van der Waals surface area contributed by atoms with E-state index in [4.69, 9.17) is 0 Å². The monoisotopic (exact) mass is 282 g/mol. The molecule has 0 saturated heterocycles. The maximum atomic E-state index is 11.8. The number of allylic oxidation sites excluding steroid dienone is 1. The molecule has 0 saturated carbocycles. The second kappa shape index (κ2) is 6.38. The van der Waals surface area contributed by atoms with Gasteiger partial charge < -0.3 is 4.90 Å².